The van der Waals surface area contributed by atoms with E-state index in [9.17, 15) is 0 Å². The van der Waals surface area contributed by atoms with Gasteiger partial charge in [-0.2, -0.15) is 0 Å². The minimum Gasteiger partial charge on any atom is -0.472 e. The molecule has 1 atom stereocenters. The largest absolute Gasteiger partial charge is 0.472 e. The Morgan fingerprint density at radius 2 is 1.50 bits per heavy atom. The lowest BCUT2D eigenvalue weighted by atomic mass is 9.88. The van der Waals surface area contributed by atoms with Crippen LogP contribution in [-0.2, 0) is 0 Å². The maximum atomic E-state index is 5.98. The topological polar surface area (TPSA) is 39.2 Å². The molecule has 0 amide bonds. The molecule has 3 aromatic rings. The molecule has 2 N–H and O–H groups in total. The average molecular weight is 312 g/mol. The molecule has 0 saturated carbocycles. The highest BCUT2D eigenvalue weighted by Gasteiger charge is 2.13. The van der Waals surface area contributed by atoms with Crippen molar-refractivity contribution < 1.29 is 4.42 Å². The fraction of sp³-hybridized carbons (Fsp3) is 0.158. The van der Waals surface area contributed by atoms with Crippen molar-refractivity contribution in [1.82, 2.24) is 0 Å². The minimum atomic E-state index is 0.292. The summed E-state index contributed by atoms with van der Waals surface area (Å²) < 4.78 is 5.14. The molecule has 112 valence electrons. The summed E-state index contributed by atoms with van der Waals surface area (Å²) >= 11 is 5.98. The van der Waals surface area contributed by atoms with Gasteiger partial charge in [0.25, 0.3) is 0 Å². The standard InChI is InChI=1S/C19H18ClNO/c20-18-7-5-16(6-8-18)19(9-11-21)15-3-1-14(2-4-15)17-10-12-22-13-17/h1-8,10,12-13,19H,9,11,21H2. The summed E-state index contributed by atoms with van der Waals surface area (Å²) in [6.45, 7) is 0.650. The molecule has 1 heterocycles. The SMILES string of the molecule is NCCC(c1ccc(Cl)cc1)c1ccc(-c2ccoc2)cc1. The van der Waals surface area contributed by atoms with Crippen LogP contribution in [0.5, 0.6) is 0 Å². The molecule has 2 nitrogen and oxygen atoms in total. The van der Waals surface area contributed by atoms with Crippen molar-refractivity contribution >= 4 is 11.6 Å². The fourth-order valence-electron chi connectivity index (χ4n) is 2.72. The molecular formula is C19H18ClNO. The molecule has 0 radical (unpaired) electrons. The van der Waals surface area contributed by atoms with Gasteiger partial charge in [0.1, 0.15) is 0 Å². The summed E-state index contributed by atoms with van der Waals surface area (Å²) in [7, 11) is 0. The van der Waals surface area contributed by atoms with Crippen molar-refractivity contribution in [3.8, 4) is 11.1 Å². The molecule has 22 heavy (non-hydrogen) atoms. The van der Waals surface area contributed by atoms with E-state index in [-0.39, 0.29) is 0 Å². The number of benzene rings is 2. The van der Waals surface area contributed by atoms with Crippen molar-refractivity contribution in [2.24, 2.45) is 5.73 Å². The molecule has 0 bridgehead atoms. The maximum absolute atomic E-state index is 5.98. The molecule has 0 fully saturated rings. The van der Waals surface area contributed by atoms with Gasteiger partial charge < -0.3 is 10.2 Å². The molecule has 0 saturated heterocycles. The van der Waals surface area contributed by atoms with Crippen LogP contribution >= 0.6 is 11.6 Å². The first-order valence-electron chi connectivity index (χ1n) is 7.36. The molecule has 0 aliphatic carbocycles. The highest BCUT2D eigenvalue weighted by molar-refractivity contribution is 6.30. The number of nitrogens with two attached hydrogens (primary N) is 1. The molecule has 1 unspecified atom stereocenters. The third kappa shape index (κ3) is 3.24. The number of halogens is 1. The van der Waals surface area contributed by atoms with Gasteiger partial charge in [-0.3, -0.25) is 0 Å². The van der Waals surface area contributed by atoms with Gasteiger partial charge >= 0.3 is 0 Å². The molecule has 3 rings (SSSR count). The van der Waals surface area contributed by atoms with E-state index in [2.05, 4.69) is 36.4 Å². The van der Waals surface area contributed by atoms with Crippen molar-refractivity contribution in [3.63, 3.8) is 0 Å². The highest BCUT2D eigenvalue weighted by atomic mass is 35.5. The molecule has 1 aromatic heterocycles. The first-order valence-corrected chi connectivity index (χ1v) is 7.74. The Labute approximate surface area is 135 Å². The second-order valence-electron chi connectivity index (χ2n) is 5.32. The van der Waals surface area contributed by atoms with E-state index in [1.165, 1.54) is 11.1 Å². The molecule has 0 aliphatic heterocycles. The minimum absolute atomic E-state index is 0.292. The Balaban J connectivity index is 1.90. The number of furan rings is 1. The van der Waals surface area contributed by atoms with Crippen molar-refractivity contribution in [2.75, 3.05) is 6.54 Å². The van der Waals surface area contributed by atoms with Gasteiger partial charge in [-0.05, 0) is 47.9 Å². The third-order valence-electron chi connectivity index (χ3n) is 3.90. The van der Waals surface area contributed by atoms with E-state index >= 15 is 0 Å². The number of rotatable bonds is 5. The number of hydrogen-bond donors (Lipinski definition) is 1. The average Bonchev–Trinajstić information content (AvgIpc) is 3.08. The van der Waals surface area contributed by atoms with Crippen LogP contribution in [0, 0.1) is 0 Å². The van der Waals surface area contributed by atoms with Gasteiger partial charge in [0.2, 0.25) is 0 Å². The maximum Gasteiger partial charge on any atom is 0.0980 e. The van der Waals surface area contributed by atoms with Gasteiger partial charge in [-0.25, -0.2) is 0 Å². The smallest absolute Gasteiger partial charge is 0.0980 e. The van der Waals surface area contributed by atoms with Gasteiger partial charge in [-0.1, -0.05) is 48.0 Å². The van der Waals surface area contributed by atoms with Crippen LogP contribution in [0.15, 0.2) is 71.5 Å². The van der Waals surface area contributed by atoms with Crippen molar-refractivity contribution in [3.05, 3.63) is 83.3 Å². The molecule has 3 heteroatoms. The summed E-state index contributed by atoms with van der Waals surface area (Å²) in [5.74, 6) is 0.292. The van der Waals surface area contributed by atoms with E-state index in [1.54, 1.807) is 12.5 Å². The Morgan fingerprint density at radius 3 is 2.05 bits per heavy atom. The van der Waals surface area contributed by atoms with Gasteiger partial charge in [0.05, 0.1) is 12.5 Å². The van der Waals surface area contributed by atoms with Crippen LogP contribution in [0.25, 0.3) is 11.1 Å². The van der Waals surface area contributed by atoms with E-state index in [4.69, 9.17) is 21.8 Å². The summed E-state index contributed by atoms with van der Waals surface area (Å²) in [6.07, 6.45) is 4.35. The second kappa shape index (κ2) is 6.82. The lowest BCUT2D eigenvalue weighted by Crippen LogP contribution is -2.08. The van der Waals surface area contributed by atoms with Gasteiger partial charge in [-0.15, -0.1) is 0 Å². The van der Waals surface area contributed by atoms with Gasteiger partial charge in [0, 0.05) is 16.5 Å². The summed E-state index contributed by atoms with van der Waals surface area (Å²) in [5, 5.41) is 0.755. The number of hydrogen-bond acceptors (Lipinski definition) is 2. The Kier molecular flexibility index (Phi) is 4.62. The van der Waals surface area contributed by atoms with Crippen LogP contribution in [0.4, 0.5) is 0 Å². The monoisotopic (exact) mass is 311 g/mol. The predicted molar refractivity (Wildman–Crippen MR) is 91.1 cm³/mol. The summed E-state index contributed by atoms with van der Waals surface area (Å²) in [6, 6.07) is 18.6. The zero-order chi connectivity index (χ0) is 15.4. The fourth-order valence-corrected chi connectivity index (χ4v) is 2.85. The second-order valence-corrected chi connectivity index (χ2v) is 5.75. The van der Waals surface area contributed by atoms with E-state index in [1.807, 2.05) is 18.2 Å². The van der Waals surface area contributed by atoms with E-state index in [0.29, 0.717) is 12.5 Å². The lowest BCUT2D eigenvalue weighted by molar-refractivity contribution is 0.568. The first kappa shape index (κ1) is 14.9. The third-order valence-corrected chi connectivity index (χ3v) is 4.15. The summed E-state index contributed by atoms with van der Waals surface area (Å²) in [5.41, 5.74) is 10.6. The molecule has 0 spiro atoms. The van der Waals surface area contributed by atoms with Crippen LogP contribution in [-0.4, -0.2) is 6.54 Å². The zero-order valence-corrected chi connectivity index (χ0v) is 13.0. The Morgan fingerprint density at radius 1 is 0.864 bits per heavy atom. The van der Waals surface area contributed by atoms with Crippen LogP contribution in [0.1, 0.15) is 23.5 Å². The van der Waals surface area contributed by atoms with Crippen LogP contribution in [0.3, 0.4) is 0 Å². The van der Waals surface area contributed by atoms with Crippen LogP contribution in [0.2, 0.25) is 5.02 Å². The zero-order valence-electron chi connectivity index (χ0n) is 12.2. The lowest BCUT2D eigenvalue weighted by Gasteiger charge is -2.17. The van der Waals surface area contributed by atoms with Gasteiger partial charge in [0.15, 0.2) is 0 Å². The van der Waals surface area contributed by atoms with E-state index in [0.717, 1.165) is 22.6 Å². The van der Waals surface area contributed by atoms with Crippen molar-refractivity contribution in [1.29, 1.82) is 0 Å². The molecular weight excluding hydrogens is 294 g/mol. The van der Waals surface area contributed by atoms with Crippen LogP contribution < -0.4 is 5.73 Å². The normalized spacial score (nSPS) is 12.3. The Hall–Kier alpha value is -2.03. The predicted octanol–water partition coefficient (Wildman–Crippen LogP) is 5.08. The molecule has 0 aliphatic rings. The highest BCUT2D eigenvalue weighted by Crippen LogP contribution is 2.30. The Bertz CT molecular complexity index is 702. The first-order chi connectivity index (χ1) is 10.8. The van der Waals surface area contributed by atoms with E-state index < -0.39 is 0 Å². The quantitative estimate of drug-likeness (QED) is 0.713. The molecule has 2 aromatic carbocycles. The summed E-state index contributed by atoms with van der Waals surface area (Å²) in [4.78, 5) is 0. The van der Waals surface area contributed by atoms with Crippen molar-refractivity contribution in [2.45, 2.75) is 12.3 Å².